The maximum Gasteiger partial charge on any atom is 0.258 e. The van der Waals surface area contributed by atoms with E-state index in [2.05, 4.69) is 36.6 Å². The minimum Gasteiger partial charge on any atom is -0.366 e. The Bertz CT molecular complexity index is 1820. The lowest BCUT2D eigenvalue weighted by molar-refractivity contribution is -0.158. The summed E-state index contributed by atoms with van der Waals surface area (Å²) in [4.78, 5) is 53.4. The largest absolute Gasteiger partial charge is 0.366 e. The van der Waals surface area contributed by atoms with E-state index in [9.17, 15) is 23.6 Å². The van der Waals surface area contributed by atoms with Gasteiger partial charge in [-0.1, -0.05) is 56.8 Å². The Morgan fingerprint density at radius 1 is 1.08 bits per heavy atom. The van der Waals surface area contributed by atoms with Gasteiger partial charge in [0, 0.05) is 62.7 Å². The Labute approximate surface area is 288 Å². The van der Waals surface area contributed by atoms with Crippen LogP contribution in [0.3, 0.4) is 0 Å². The van der Waals surface area contributed by atoms with Crippen molar-refractivity contribution >= 4 is 42.6 Å². The van der Waals surface area contributed by atoms with E-state index in [1.165, 1.54) is 11.0 Å². The van der Waals surface area contributed by atoms with E-state index in [1.807, 2.05) is 17.7 Å². The molecular formula is C37H46FN5O5Si. The van der Waals surface area contributed by atoms with Gasteiger partial charge in [0.1, 0.15) is 18.6 Å². The average molecular weight is 688 g/mol. The molecule has 0 bridgehead atoms. The first-order valence-electron chi connectivity index (χ1n) is 17.2. The second kappa shape index (κ2) is 15.5. The Balaban J connectivity index is 1.11. The van der Waals surface area contributed by atoms with Crippen molar-refractivity contribution in [2.45, 2.75) is 103 Å². The van der Waals surface area contributed by atoms with Gasteiger partial charge in [-0.3, -0.25) is 28.8 Å². The number of nitrogens with two attached hydrogens (primary N) is 1. The van der Waals surface area contributed by atoms with E-state index in [-0.39, 0.29) is 37.6 Å². The molecule has 49 heavy (non-hydrogen) atoms. The smallest absolute Gasteiger partial charge is 0.258 e. The number of nitrogens with zero attached hydrogens (tertiary/aromatic N) is 4. The van der Waals surface area contributed by atoms with Gasteiger partial charge >= 0.3 is 0 Å². The van der Waals surface area contributed by atoms with Crippen LogP contribution in [-0.4, -0.2) is 70.7 Å². The fourth-order valence-corrected chi connectivity index (χ4v) is 7.13. The Hall–Kier alpha value is -4.34. The molecule has 1 atom stereocenters. The summed E-state index contributed by atoms with van der Waals surface area (Å²) in [6, 6.07) is 8.33. The molecule has 0 aliphatic carbocycles. The van der Waals surface area contributed by atoms with Gasteiger partial charge in [0.2, 0.25) is 11.8 Å². The number of benzene rings is 2. The number of primary amides is 1. The van der Waals surface area contributed by atoms with Gasteiger partial charge in [0.25, 0.3) is 11.8 Å². The molecule has 1 fully saturated rings. The molecule has 1 saturated heterocycles. The number of likely N-dealkylation sites (tertiary alicyclic amines) is 1. The highest BCUT2D eigenvalue weighted by atomic mass is 28.3. The number of hydrogen-bond donors (Lipinski definition) is 1. The van der Waals surface area contributed by atoms with Gasteiger partial charge in [0.15, 0.2) is 0 Å². The van der Waals surface area contributed by atoms with E-state index < -0.39 is 37.7 Å². The van der Waals surface area contributed by atoms with Crippen molar-refractivity contribution in [1.82, 2.24) is 19.6 Å². The molecule has 260 valence electrons. The summed E-state index contributed by atoms with van der Waals surface area (Å²) < 4.78 is 22.6. The molecule has 10 nitrogen and oxygen atoms in total. The normalized spacial score (nSPS) is 16.3. The van der Waals surface area contributed by atoms with Gasteiger partial charge in [-0.25, -0.2) is 4.39 Å². The topological polar surface area (TPSA) is 128 Å². The lowest BCUT2D eigenvalue weighted by atomic mass is 10.0. The molecule has 3 aromatic rings. The zero-order valence-corrected chi connectivity index (χ0v) is 29.9. The summed E-state index contributed by atoms with van der Waals surface area (Å²) in [5, 5.41) is 5.66. The Morgan fingerprint density at radius 3 is 2.59 bits per heavy atom. The van der Waals surface area contributed by atoms with Crippen LogP contribution in [0.15, 0.2) is 30.3 Å². The maximum atomic E-state index is 14.9. The quantitative estimate of drug-likeness (QED) is 0.0994. The van der Waals surface area contributed by atoms with Crippen molar-refractivity contribution in [3.8, 4) is 11.8 Å². The fourth-order valence-electron chi connectivity index (χ4n) is 6.38. The Morgan fingerprint density at radius 2 is 1.84 bits per heavy atom. The van der Waals surface area contributed by atoms with E-state index in [1.54, 1.807) is 18.2 Å². The van der Waals surface area contributed by atoms with Crippen LogP contribution in [0.4, 0.5) is 4.39 Å². The summed E-state index contributed by atoms with van der Waals surface area (Å²) in [5.74, 6) is 3.89. The second-order valence-electron chi connectivity index (χ2n) is 14.2. The summed E-state index contributed by atoms with van der Waals surface area (Å²) in [5.41, 5.74) is 8.80. The number of piperidine rings is 1. The molecule has 12 heteroatoms. The van der Waals surface area contributed by atoms with Gasteiger partial charge in [-0.15, -0.1) is 0 Å². The number of unbranched alkanes of at least 4 members (excludes halogenated alkanes) is 5. The van der Waals surface area contributed by atoms with Crippen LogP contribution in [0.5, 0.6) is 0 Å². The van der Waals surface area contributed by atoms with Crippen LogP contribution in [0.2, 0.25) is 25.7 Å². The predicted octanol–water partition coefficient (Wildman–Crippen LogP) is 5.76. The number of hydrogen-bond acceptors (Lipinski definition) is 6. The van der Waals surface area contributed by atoms with E-state index in [4.69, 9.17) is 10.5 Å². The number of carbonyl (C=O) groups is 4. The molecule has 5 rings (SSSR count). The fraction of sp³-hybridized carbons (Fsp3) is 0.486. The molecule has 1 aromatic heterocycles. The average Bonchev–Trinajstić information content (AvgIpc) is 3.56. The van der Waals surface area contributed by atoms with Crippen molar-refractivity contribution in [2.75, 3.05) is 13.3 Å². The molecule has 2 N–H and O–H groups in total. The van der Waals surface area contributed by atoms with Crippen molar-refractivity contribution < 1.29 is 28.3 Å². The van der Waals surface area contributed by atoms with Crippen LogP contribution in [0, 0.1) is 24.6 Å². The molecule has 2 aliphatic rings. The zero-order chi connectivity index (χ0) is 35.3. The molecule has 2 aromatic carbocycles. The second-order valence-corrected chi connectivity index (χ2v) is 19.8. The minimum absolute atomic E-state index is 0.0413. The summed E-state index contributed by atoms with van der Waals surface area (Å²) in [6.07, 6.45) is 5.91. The number of ether oxygens (including phenoxy) is 1. The van der Waals surface area contributed by atoms with Crippen LogP contribution in [0.1, 0.15) is 88.9 Å². The summed E-state index contributed by atoms with van der Waals surface area (Å²) >= 11 is 0. The van der Waals surface area contributed by atoms with Crippen molar-refractivity contribution in [2.24, 2.45) is 5.73 Å². The number of amides is 4. The van der Waals surface area contributed by atoms with E-state index in [0.29, 0.717) is 29.7 Å². The van der Waals surface area contributed by atoms with Crippen LogP contribution < -0.4 is 5.73 Å². The lowest BCUT2D eigenvalue weighted by Crippen LogP contribution is -2.55. The monoisotopic (exact) mass is 687 g/mol. The molecule has 0 radical (unpaired) electrons. The van der Waals surface area contributed by atoms with Crippen molar-refractivity contribution in [3.05, 3.63) is 64.1 Å². The Kier molecular flexibility index (Phi) is 11.4. The van der Waals surface area contributed by atoms with Crippen LogP contribution in [-0.2, 0) is 27.4 Å². The van der Waals surface area contributed by atoms with Gasteiger partial charge in [-0.2, -0.15) is 5.10 Å². The number of imide groups is 1. The van der Waals surface area contributed by atoms with Gasteiger partial charge in [-0.05, 0) is 56.5 Å². The molecule has 4 amide bonds. The third-order valence-corrected chi connectivity index (χ3v) is 11.0. The van der Waals surface area contributed by atoms with Gasteiger partial charge in [0.05, 0.1) is 16.8 Å². The molecule has 0 spiro atoms. The lowest BCUT2D eigenvalue weighted by Gasteiger charge is -2.35. The highest BCUT2D eigenvalue weighted by Gasteiger charge is 2.44. The van der Waals surface area contributed by atoms with E-state index >= 15 is 0 Å². The van der Waals surface area contributed by atoms with E-state index in [0.717, 1.165) is 66.2 Å². The van der Waals surface area contributed by atoms with Crippen molar-refractivity contribution in [1.29, 1.82) is 0 Å². The molecular weight excluding hydrogens is 642 g/mol. The molecule has 1 unspecified atom stereocenters. The molecule has 0 saturated carbocycles. The number of carbonyl (C=O) groups excluding carboxylic acids is 4. The molecule has 2 aliphatic heterocycles. The molecule has 3 heterocycles. The number of rotatable bonds is 14. The van der Waals surface area contributed by atoms with Gasteiger partial charge < -0.3 is 15.4 Å². The SMILES string of the molecule is Cc1nn(CCCCCCCC#Cc2ccc(F)c3c2CN(C2CCC(=O)N(COCC[Si](C)(C)C)C2=O)C3=O)c2cc(C(N)=O)ccc12. The van der Waals surface area contributed by atoms with Crippen LogP contribution >= 0.6 is 0 Å². The summed E-state index contributed by atoms with van der Waals surface area (Å²) in [6.45, 7) is 9.77. The number of aromatic nitrogens is 2. The first kappa shape index (κ1) is 36.0. The first-order valence-corrected chi connectivity index (χ1v) is 20.9. The number of fused-ring (bicyclic) bond motifs is 2. The standard InChI is InChI=1S/C37H46FN5O5Si/c1-25-28-15-13-27(35(39)45)22-32(28)43(40-25)19-11-9-7-5-6-8-10-12-26-14-16-30(38)34-29(26)23-41(37(34)47)31-17-18-33(44)42(36(31)46)24-48-20-21-49(2,3)4/h13-16,22,31H,5-9,11,17-21,23-24H2,1-4H3,(H2,39,45). The highest BCUT2D eigenvalue weighted by Crippen LogP contribution is 2.32. The maximum absolute atomic E-state index is 14.9. The minimum atomic E-state index is -1.34. The number of halogens is 1. The third-order valence-electron chi connectivity index (χ3n) is 9.26. The highest BCUT2D eigenvalue weighted by molar-refractivity contribution is 6.76. The predicted molar refractivity (Wildman–Crippen MR) is 188 cm³/mol. The van der Waals surface area contributed by atoms with Crippen LogP contribution in [0.25, 0.3) is 10.9 Å². The number of aryl methyl sites for hydroxylation is 2. The third kappa shape index (κ3) is 8.46. The van der Waals surface area contributed by atoms with Crippen molar-refractivity contribution in [3.63, 3.8) is 0 Å². The summed E-state index contributed by atoms with van der Waals surface area (Å²) in [7, 11) is -1.34. The first-order chi connectivity index (χ1) is 23.4. The zero-order valence-electron chi connectivity index (χ0n) is 28.9.